The molecule has 2 rings (SSSR count). The summed E-state index contributed by atoms with van der Waals surface area (Å²) < 4.78 is 0. The lowest BCUT2D eigenvalue weighted by Gasteiger charge is -2.18. The van der Waals surface area contributed by atoms with Gasteiger partial charge in [-0.1, -0.05) is 49.1 Å². The van der Waals surface area contributed by atoms with Crippen molar-refractivity contribution in [1.82, 2.24) is 4.90 Å². The number of hydrogen-bond donors (Lipinski definition) is 0. The van der Waals surface area contributed by atoms with E-state index in [2.05, 4.69) is 48.8 Å². The lowest BCUT2D eigenvalue weighted by molar-refractivity contribution is 0.331. The van der Waals surface area contributed by atoms with E-state index in [-0.39, 0.29) is 0 Å². The van der Waals surface area contributed by atoms with Gasteiger partial charge in [0.2, 0.25) is 0 Å². The summed E-state index contributed by atoms with van der Waals surface area (Å²) in [5.74, 6) is 0. The van der Waals surface area contributed by atoms with Gasteiger partial charge < -0.3 is 0 Å². The minimum Gasteiger partial charge on any atom is -0.299 e. The van der Waals surface area contributed by atoms with Gasteiger partial charge in [0.1, 0.15) is 0 Å². The van der Waals surface area contributed by atoms with Crippen LogP contribution in [0, 0.1) is 0 Å². The predicted octanol–water partition coefficient (Wildman–Crippen LogP) is 2.83. The Bertz CT molecular complexity index is 331. The molecule has 0 saturated carbocycles. The van der Waals surface area contributed by atoms with Crippen molar-refractivity contribution in [3.8, 4) is 0 Å². The summed E-state index contributed by atoms with van der Waals surface area (Å²) in [7, 11) is -1.11. The molecule has 88 valence electrons. The molecule has 1 aliphatic heterocycles. The molecular weight excluding hydrogens is 210 g/mol. The van der Waals surface area contributed by atoms with Gasteiger partial charge in [-0.05, 0) is 31.5 Å². The number of likely N-dealkylation sites (tertiary alicyclic amines) is 1. The van der Waals surface area contributed by atoms with E-state index < -0.39 is 8.07 Å². The molecule has 1 fully saturated rings. The van der Waals surface area contributed by atoms with Crippen LogP contribution in [-0.2, 0) is 6.54 Å². The van der Waals surface area contributed by atoms with Crippen molar-refractivity contribution in [3.05, 3.63) is 29.8 Å². The highest BCUT2D eigenvalue weighted by Gasteiger charge is 2.16. The molecule has 0 atom stereocenters. The Hall–Kier alpha value is -0.603. The van der Waals surface area contributed by atoms with Crippen molar-refractivity contribution < 1.29 is 0 Å². The Morgan fingerprint density at radius 1 is 1.00 bits per heavy atom. The summed E-state index contributed by atoms with van der Waals surface area (Å²) in [6, 6.07) is 9.34. The van der Waals surface area contributed by atoms with Crippen molar-refractivity contribution in [3.63, 3.8) is 0 Å². The molecule has 0 amide bonds. The third-order valence-electron chi connectivity index (χ3n) is 3.42. The van der Waals surface area contributed by atoms with E-state index in [1.54, 1.807) is 5.19 Å². The maximum absolute atomic E-state index is 2.56. The molecule has 0 spiro atoms. The van der Waals surface area contributed by atoms with Gasteiger partial charge in [0.25, 0.3) is 0 Å². The Morgan fingerprint density at radius 3 is 2.06 bits per heavy atom. The van der Waals surface area contributed by atoms with Gasteiger partial charge in [0.15, 0.2) is 0 Å². The fourth-order valence-corrected chi connectivity index (χ4v) is 3.48. The van der Waals surface area contributed by atoms with Crippen LogP contribution in [0.15, 0.2) is 24.3 Å². The van der Waals surface area contributed by atoms with Crippen molar-refractivity contribution >= 4 is 13.3 Å². The second-order valence-electron chi connectivity index (χ2n) is 5.93. The minimum atomic E-state index is -1.11. The first-order valence-electron chi connectivity index (χ1n) is 6.37. The maximum Gasteiger partial charge on any atom is 0.0775 e. The second-order valence-corrected chi connectivity index (χ2v) is 11.0. The number of benzene rings is 1. The summed E-state index contributed by atoms with van der Waals surface area (Å²) >= 11 is 0. The summed E-state index contributed by atoms with van der Waals surface area (Å²) in [6.07, 6.45) is 2.76. The van der Waals surface area contributed by atoms with Crippen molar-refractivity contribution in [2.24, 2.45) is 0 Å². The van der Waals surface area contributed by atoms with Crippen LogP contribution in [0.25, 0.3) is 0 Å². The van der Waals surface area contributed by atoms with E-state index in [0.29, 0.717) is 0 Å². The topological polar surface area (TPSA) is 3.24 Å². The molecule has 0 aliphatic carbocycles. The molecule has 1 aliphatic rings. The molecule has 0 bridgehead atoms. The standard InChI is InChI=1S/C14H23NSi/c1-16(2,3)14-8-6-13(7-9-14)12-15-10-4-5-11-15/h6-9H,4-5,10-12H2,1-3H3. The van der Waals surface area contributed by atoms with E-state index in [9.17, 15) is 0 Å². The second kappa shape index (κ2) is 4.72. The zero-order chi connectivity index (χ0) is 11.6. The van der Waals surface area contributed by atoms with E-state index in [4.69, 9.17) is 0 Å². The van der Waals surface area contributed by atoms with Crippen LogP contribution in [0.2, 0.25) is 19.6 Å². The molecule has 2 heteroatoms. The van der Waals surface area contributed by atoms with E-state index >= 15 is 0 Å². The Morgan fingerprint density at radius 2 is 1.56 bits per heavy atom. The molecular formula is C14H23NSi. The van der Waals surface area contributed by atoms with E-state index in [1.807, 2.05) is 0 Å². The van der Waals surface area contributed by atoms with Gasteiger partial charge in [0, 0.05) is 6.54 Å². The molecule has 1 aromatic rings. The molecule has 1 aromatic carbocycles. The van der Waals surface area contributed by atoms with Crippen LogP contribution in [0.3, 0.4) is 0 Å². The van der Waals surface area contributed by atoms with Crippen LogP contribution in [0.5, 0.6) is 0 Å². The van der Waals surface area contributed by atoms with E-state index in [0.717, 1.165) is 6.54 Å². The monoisotopic (exact) mass is 233 g/mol. The first-order valence-corrected chi connectivity index (χ1v) is 9.87. The van der Waals surface area contributed by atoms with Crippen LogP contribution < -0.4 is 5.19 Å². The van der Waals surface area contributed by atoms with Gasteiger partial charge in [-0.25, -0.2) is 0 Å². The van der Waals surface area contributed by atoms with Crippen LogP contribution in [0.1, 0.15) is 18.4 Å². The highest BCUT2D eigenvalue weighted by atomic mass is 28.3. The molecule has 0 N–H and O–H groups in total. The molecule has 0 radical (unpaired) electrons. The zero-order valence-corrected chi connectivity index (χ0v) is 11.8. The fourth-order valence-electron chi connectivity index (χ4n) is 2.31. The van der Waals surface area contributed by atoms with Gasteiger partial charge >= 0.3 is 0 Å². The van der Waals surface area contributed by atoms with Crippen molar-refractivity contribution in [2.45, 2.75) is 39.0 Å². The summed E-state index contributed by atoms with van der Waals surface area (Å²) in [6.45, 7) is 10.9. The van der Waals surface area contributed by atoms with Gasteiger partial charge in [-0.15, -0.1) is 0 Å². The number of rotatable bonds is 3. The molecule has 0 aromatic heterocycles. The van der Waals surface area contributed by atoms with Crippen LogP contribution in [0.4, 0.5) is 0 Å². The first kappa shape index (κ1) is 11.9. The van der Waals surface area contributed by atoms with Crippen molar-refractivity contribution in [1.29, 1.82) is 0 Å². The third-order valence-corrected chi connectivity index (χ3v) is 5.49. The van der Waals surface area contributed by atoms with Crippen molar-refractivity contribution in [2.75, 3.05) is 13.1 Å². The molecule has 16 heavy (non-hydrogen) atoms. The summed E-state index contributed by atoms with van der Waals surface area (Å²) in [4.78, 5) is 2.56. The molecule has 1 nitrogen and oxygen atoms in total. The maximum atomic E-state index is 2.56. The van der Waals surface area contributed by atoms with Crippen LogP contribution in [-0.4, -0.2) is 26.1 Å². The first-order chi connectivity index (χ1) is 7.55. The Kier molecular flexibility index (Phi) is 3.50. The number of nitrogens with zero attached hydrogens (tertiary/aromatic N) is 1. The highest BCUT2D eigenvalue weighted by molar-refractivity contribution is 6.88. The minimum absolute atomic E-state index is 1.11. The predicted molar refractivity (Wildman–Crippen MR) is 73.9 cm³/mol. The quantitative estimate of drug-likeness (QED) is 0.726. The zero-order valence-electron chi connectivity index (χ0n) is 10.8. The molecule has 0 unspecified atom stereocenters. The lowest BCUT2D eigenvalue weighted by atomic mass is 10.2. The Labute approximate surface area is 100 Å². The average molecular weight is 233 g/mol. The highest BCUT2D eigenvalue weighted by Crippen LogP contribution is 2.12. The largest absolute Gasteiger partial charge is 0.299 e. The lowest BCUT2D eigenvalue weighted by Crippen LogP contribution is -2.37. The number of hydrogen-bond acceptors (Lipinski definition) is 1. The van der Waals surface area contributed by atoms with Gasteiger partial charge in [0.05, 0.1) is 8.07 Å². The average Bonchev–Trinajstić information content (AvgIpc) is 2.70. The molecule has 1 saturated heterocycles. The fraction of sp³-hybridized carbons (Fsp3) is 0.571. The van der Waals surface area contributed by atoms with Gasteiger partial charge in [-0.3, -0.25) is 4.90 Å². The Balaban J connectivity index is 2.01. The normalized spacial score (nSPS) is 17.9. The summed E-state index contributed by atoms with van der Waals surface area (Å²) in [5, 5.41) is 1.57. The van der Waals surface area contributed by atoms with E-state index in [1.165, 1.54) is 31.5 Å². The third kappa shape index (κ3) is 2.95. The van der Waals surface area contributed by atoms with Gasteiger partial charge in [-0.2, -0.15) is 0 Å². The van der Waals surface area contributed by atoms with Crippen LogP contribution >= 0.6 is 0 Å². The summed E-state index contributed by atoms with van der Waals surface area (Å²) in [5.41, 5.74) is 1.48. The smallest absolute Gasteiger partial charge is 0.0775 e. The SMILES string of the molecule is C[Si](C)(C)c1ccc(CN2CCCC2)cc1. The molecule has 1 heterocycles.